The fourth-order valence-corrected chi connectivity index (χ4v) is 4.28. The maximum Gasteiger partial charge on any atom is 0.290 e. The summed E-state index contributed by atoms with van der Waals surface area (Å²) >= 11 is 0. The highest BCUT2D eigenvalue weighted by Crippen LogP contribution is 2.40. The summed E-state index contributed by atoms with van der Waals surface area (Å²) in [6.07, 6.45) is 6.89. The maximum atomic E-state index is 7.00. The van der Waals surface area contributed by atoms with Crippen LogP contribution in [0.5, 0.6) is 11.7 Å². The number of aryl methyl sites for hydroxylation is 2. The first-order chi connectivity index (χ1) is 18.1. The van der Waals surface area contributed by atoms with Crippen molar-refractivity contribution in [2.45, 2.75) is 102 Å². The maximum absolute atomic E-state index is 7.00. The lowest BCUT2D eigenvalue weighted by atomic mass is 9.71. The van der Waals surface area contributed by atoms with E-state index in [1.54, 1.807) is 0 Å². The third-order valence-corrected chi connectivity index (χ3v) is 5.88. The van der Waals surface area contributed by atoms with Gasteiger partial charge in [0.25, 0.3) is 5.95 Å². The summed E-state index contributed by atoms with van der Waals surface area (Å²) in [5, 5.41) is 10.3. The van der Waals surface area contributed by atoms with Gasteiger partial charge in [0.2, 0.25) is 0 Å². The molecule has 0 radical (unpaired) electrons. The molecule has 2 N–H and O–H groups in total. The molecule has 1 heterocycles. The van der Waals surface area contributed by atoms with Gasteiger partial charge in [-0.15, -0.1) is 0 Å². The van der Waals surface area contributed by atoms with Crippen LogP contribution >= 0.6 is 0 Å². The molecule has 0 atom stereocenters. The quantitative estimate of drug-likeness (QED) is 0.259. The van der Waals surface area contributed by atoms with Gasteiger partial charge in [0.05, 0.1) is 5.70 Å². The predicted octanol–water partition coefficient (Wildman–Crippen LogP) is 10.7. The van der Waals surface area contributed by atoms with E-state index < -0.39 is 0 Å². The molecule has 0 aliphatic rings. The molecule has 0 bridgehead atoms. The van der Waals surface area contributed by atoms with Gasteiger partial charge in [-0.3, -0.25) is 0 Å². The smallest absolute Gasteiger partial charge is 0.290 e. The van der Waals surface area contributed by atoms with Crippen LogP contribution in [-0.2, 0) is 5.41 Å². The number of rotatable bonds is 8. The summed E-state index contributed by atoms with van der Waals surface area (Å²) in [5.74, 6) is 1.91. The topological polar surface area (TPSA) is 54.6 Å². The van der Waals surface area contributed by atoms with Gasteiger partial charge in [0, 0.05) is 18.9 Å². The molecule has 0 unspecified atom stereocenters. The molecule has 2 aromatic rings. The number of furan rings is 1. The number of aliphatic hydroxyl groups is 1. The molecule has 1 aromatic carbocycles. The summed E-state index contributed by atoms with van der Waals surface area (Å²) in [4.78, 5) is 0. The van der Waals surface area contributed by atoms with Crippen molar-refractivity contribution in [3.63, 3.8) is 0 Å². The number of aliphatic hydroxyl groups excluding tert-OH is 1. The van der Waals surface area contributed by atoms with Crippen molar-refractivity contribution in [2.24, 2.45) is 5.41 Å². The molecular formula is C35H57NO3. The van der Waals surface area contributed by atoms with Crippen LogP contribution in [0.2, 0.25) is 0 Å². The fourth-order valence-electron chi connectivity index (χ4n) is 4.28. The first-order valence-electron chi connectivity index (χ1n) is 13.8. The van der Waals surface area contributed by atoms with Crippen LogP contribution in [0.4, 0.5) is 0 Å². The second kappa shape index (κ2) is 18.3. The zero-order valence-electron chi connectivity index (χ0n) is 27.4. The Hall–Kier alpha value is -2.98. The SMILES string of the molecule is C/C=C/C.C=C/C(C)=C(\C)NC(=C)c1ccc(Oc2cc(C(C)(C)CC(C)(C)C)c(C)cc2C)o1.CC.CO. The first kappa shape index (κ1) is 38.2. The van der Waals surface area contributed by atoms with E-state index in [1.807, 2.05) is 71.9 Å². The Kier molecular flexibility index (Phi) is 17.9. The van der Waals surface area contributed by atoms with Gasteiger partial charge in [0.15, 0.2) is 5.76 Å². The summed E-state index contributed by atoms with van der Waals surface area (Å²) in [6.45, 7) is 35.6. The van der Waals surface area contributed by atoms with Crippen molar-refractivity contribution in [3.8, 4) is 11.7 Å². The molecule has 0 saturated carbocycles. The molecule has 1 aromatic heterocycles. The Morgan fingerprint density at radius 3 is 1.97 bits per heavy atom. The summed E-state index contributed by atoms with van der Waals surface area (Å²) < 4.78 is 12.1. The van der Waals surface area contributed by atoms with Gasteiger partial charge in [-0.1, -0.05) is 85.9 Å². The Morgan fingerprint density at radius 1 is 0.974 bits per heavy atom. The average molecular weight is 540 g/mol. The molecule has 0 amide bonds. The van der Waals surface area contributed by atoms with Crippen molar-refractivity contribution in [3.05, 3.63) is 89.4 Å². The second-order valence-electron chi connectivity index (χ2n) is 11.1. The summed E-state index contributed by atoms with van der Waals surface area (Å²) in [5.41, 5.74) is 6.68. The van der Waals surface area contributed by atoms with Crippen LogP contribution in [0, 0.1) is 19.3 Å². The van der Waals surface area contributed by atoms with Gasteiger partial charge >= 0.3 is 0 Å². The molecule has 0 saturated heterocycles. The molecule has 39 heavy (non-hydrogen) atoms. The average Bonchev–Trinajstić information content (AvgIpc) is 3.35. The Labute approximate surface area is 240 Å². The molecule has 0 fully saturated rings. The summed E-state index contributed by atoms with van der Waals surface area (Å²) in [6, 6.07) is 8.08. The Balaban J connectivity index is 0. The number of hydrogen-bond donors (Lipinski definition) is 2. The third-order valence-electron chi connectivity index (χ3n) is 5.88. The zero-order valence-corrected chi connectivity index (χ0v) is 27.4. The van der Waals surface area contributed by atoms with Crippen LogP contribution in [-0.4, -0.2) is 12.2 Å². The third kappa shape index (κ3) is 13.6. The summed E-state index contributed by atoms with van der Waals surface area (Å²) in [7, 11) is 1.00. The number of nitrogens with one attached hydrogen (secondary N) is 1. The highest BCUT2D eigenvalue weighted by Gasteiger charge is 2.29. The molecule has 0 aliphatic heterocycles. The molecule has 2 rings (SSSR count). The molecular weight excluding hydrogens is 482 g/mol. The lowest BCUT2D eigenvalue weighted by molar-refractivity contribution is 0.282. The molecule has 4 nitrogen and oxygen atoms in total. The van der Waals surface area contributed by atoms with E-state index in [4.69, 9.17) is 14.3 Å². The highest BCUT2D eigenvalue weighted by molar-refractivity contribution is 5.59. The van der Waals surface area contributed by atoms with Gasteiger partial charge in [0.1, 0.15) is 5.75 Å². The van der Waals surface area contributed by atoms with Crippen molar-refractivity contribution in [1.29, 1.82) is 0 Å². The zero-order chi connectivity index (χ0) is 31.0. The van der Waals surface area contributed by atoms with E-state index in [-0.39, 0.29) is 10.8 Å². The second-order valence-corrected chi connectivity index (χ2v) is 11.1. The Morgan fingerprint density at radius 2 is 1.51 bits per heavy atom. The van der Waals surface area contributed by atoms with E-state index >= 15 is 0 Å². The molecule has 0 spiro atoms. The van der Waals surface area contributed by atoms with E-state index in [1.165, 1.54) is 11.1 Å². The minimum atomic E-state index is 0.0353. The number of ether oxygens (including phenoxy) is 1. The number of allylic oxidation sites excluding steroid dienone is 5. The monoisotopic (exact) mass is 539 g/mol. The number of hydrogen-bond acceptors (Lipinski definition) is 4. The highest BCUT2D eigenvalue weighted by atomic mass is 16.6. The number of benzene rings is 1. The molecule has 0 aliphatic carbocycles. The van der Waals surface area contributed by atoms with Gasteiger partial charge in [-0.25, -0.2) is 0 Å². The lowest BCUT2D eigenvalue weighted by Gasteiger charge is -2.34. The minimum Gasteiger partial charge on any atom is -0.426 e. The van der Waals surface area contributed by atoms with Gasteiger partial charge in [-0.05, 0) is 93.2 Å². The standard InChI is InChI=1S/C28H39NO2.C4H8.C2H6.CH4O/c1-12-18(2)21(5)29-22(6)24-13-14-26(30-24)31-25-16-23(19(3)15-20(25)4)28(10,11)17-27(7,8)9;1-3-4-2;2*1-2/h12-16,29H,1,6,17H2,2-5,7-11H3;3-4H,1-2H3;1-2H3;2H,1H3/b21-18+;4-3+;;. The molecule has 220 valence electrons. The largest absolute Gasteiger partial charge is 0.426 e. The van der Waals surface area contributed by atoms with Gasteiger partial charge in [-0.2, -0.15) is 0 Å². The van der Waals surface area contributed by atoms with E-state index in [9.17, 15) is 0 Å². The van der Waals surface area contributed by atoms with E-state index in [0.717, 1.165) is 36.1 Å². The van der Waals surface area contributed by atoms with E-state index in [2.05, 4.69) is 79.1 Å². The fraction of sp³-hybridized carbons (Fsp3) is 0.486. The normalized spacial score (nSPS) is 11.6. The van der Waals surface area contributed by atoms with Crippen molar-refractivity contribution in [1.82, 2.24) is 5.32 Å². The van der Waals surface area contributed by atoms with Gasteiger partial charge < -0.3 is 19.6 Å². The van der Waals surface area contributed by atoms with Crippen molar-refractivity contribution in [2.75, 3.05) is 7.11 Å². The first-order valence-corrected chi connectivity index (χ1v) is 13.8. The van der Waals surface area contributed by atoms with Crippen LogP contribution in [0.15, 0.2) is 71.3 Å². The predicted molar refractivity (Wildman–Crippen MR) is 173 cm³/mol. The molecule has 4 heteroatoms. The van der Waals surface area contributed by atoms with Crippen molar-refractivity contribution >= 4 is 5.70 Å². The minimum absolute atomic E-state index is 0.0353. The van der Waals surface area contributed by atoms with Crippen LogP contribution in [0.3, 0.4) is 0 Å². The van der Waals surface area contributed by atoms with Crippen LogP contribution < -0.4 is 10.1 Å². The van der Waals surface area contributed by atoms with Crippen LogP contribution in [0.25, 0.3) is 5.70 Å². The van der Waals surface area contributed by atoms with Crippen LogP contribution in [0.1, 0.15) is 105 Å². The van der Waals surface area contributed by atoms with Crippen molar-refractivity contribution < 1.29 is 14.3 Å². The Bertz CT molecular complexity index is 1070. The lowest BCUT2D eigenvalue weighted by Crippen LogP contribution is -2.25. The van der Waals surface area contributed by atoms with E-state index in [0.29, 0.717) is 17.4 Å².